The highest BCUT2D eigenvalue weighted by molar-refractivity contribution is 8.00. The van der Waals surface area contributed by atoms with Crippen molar-refractivity contribution in [3.8, 4) is 12.3 Å². The predicted molar refractivity (Wildman–Crippen MR) is 75.7 cm³/mol. The van der Waals surface area contributed by atoms with Gasteiger partial charge in [-0.05, 0) is 6.92 Å². The van der Waals surface area contributed by atoms with Gasteiger partial charge in [0.25, 0.3) is 0 Å². The second kappa shape index (κ2) is 7.50. The third-order valence-corrected chi connectivity index (χ3v) is 3.34. The first-order chi connectivity index (χ1) is 9.49. The molecule has 2 N–H and O–H groups in total. The maximum atomic E-state index is 11.5. The van der Waals surface area contributed by atoms with Gasteiger partial charge in [-0.15, -0.1) is 6.42 Å². The van der Waals surface area contributed by atoms with Crippen LogP contribution in [0.4, 0.5) is 0 Å². The molecule has 1 heterocycles. The second-order valence-electron chi connectivity index (χ2n) is 3.83. The first-order valence-electron chi connectivity index (χ1n) is 5.93. The Morgan fingerprint density at radius 2 is 2.15 bits per heavy atom. The molecule has 0 bridgehead atoms. The fourth-order valence-corrected chi connectivity index (χ4v) is 2.36. The summed E-state index contributed by atoms with van der Waals surface area (Å²) in [5, 5.41) is 12.0. The lowest BCUT2D eigenvalue weighted by atomic mass is 10.2. The summed E-state index contributed by atoms with van der Waals surface area (Å²) in [7, 11) is 0. The number of carbonyl (C=O) groups is 2. The van der Waals surface area contributed by atoms with Crippen LogP contribution in [0.25, 0.3) is 0 Å². The van der Waals surface area contributed by atoms with Crippen LogP contribution in [0.1, 0.15) is 28.8 Å². The topological polar surface area (TPSA) is 92.2 Å². The Bertz CT molecular complexity index is 567. The molecule has 0 saturated carbocycles. The van der Waals surface area contributed by atoms with E-state index in [1.807, 2.05) is 6.92 Å². The Hall–Kier alpha value is -2.07. The molecule has 106 valence electrons. The fraction of sp³-hybridized carbons (Fsp3) is 0.385. The lowest BCUT2D eigenvalue weighted by molar-refractivity contribution is -0.118. The molecule has 0 radical (unpaired) electrons. The molecule has 1 amide bonds. The van der Waals surface area contributed by atoms with Crippen LogP contribution in [0.5, 0.6) is 0 Å². The lowest BCUT2D eigenvalue weighted by Crippen LogP contribution is -2.25. The maximum Gasteiger partial charge on any atom is 0.340 e. The van der Waals surface area contributed by atoms with Crippen molar-refractivity contribution in [2.45, 2.75) is 25.3 Å². The molecular formula is C13H15N3O3S. The van der Waals surface area contributed by atoms with Crippen molar-refractivity contribution in [3.05, 3.63) is 17.1 Å². The van der Waals surface area contributed by atoms with E-state index in [1.165, 1.54) is 0 Å². The predicted octanol–water partition coefficient (Wildman–Crippen LogP) is 0.887. The van der Waals surface area contributed by atoms with Crippen LogP contribution in [0.15, 0.2) is 5.03 Å². The summed E-state index contributed by atoms with van der Waals surface area (Å²) < 4.78 is 0. The summed E-state index contributed by atoms with van der Waals surface area (Å²) in [6.45, 7) is 3.64. The lowest BCUT2D eigenvalue weighted by Gasteiger charge is -2.09. The van der Waals surface area contributed by atoms with Gasteiger partial charge < -0.3 is 10.4 Å². The van der Waals surface area contributed by atoms with Gasteiger partial charge in [0.2, 0.25) is 5.91 Å². The summed E-state index contributed by atoms with van der Waals surface area (Å²) >= 11 is 1.07. The number of nitrogens with zero attached hydrogens (tertiary/aromatic N) is 2. The zero-order chi connectivity index (χ0) is 15.1. The number of hydrogen-bond donors (Lipinski definition) is 2. The van der Waals surface area contributed by atoms with E-state index in [1.54, 1.807) is 6.92 Å². The average Bonchev–Trinajstić information content (AvgIpc) is 2.41. The molecule has 0 spiro atoms. The van der Waals surface area contributed by atoms with Crippen molar-refractivity contribution in [1.82, 2.24) is 15.3 Å². The van der Waals surface area contributed by atoms with E-state index in [-0.39, 0.29) is 23.8 Å². The van der Waals surface area contributed by atoms with Gasteiger partial charge in [0, 0.05) is 6.42 Å². The smallest absolute Gasteiger partial charge is 0.340 e. The highest BCUT2D eigenvalue weighted by Gasteiger charge is 2.18. The van der Waals surface area contributed by atoms with E-state index in [9.17, 15) is 14.7 Å². The molecule has 0 saturated heterocycles. The number of hydrogen-bond acceptors (Lipinski definition) is 5. The summed E-state index contributed by atoms with van der Waals surface area (Å²) in [5.41, 5.74) is 0.438. The van der Waals surface area contributed by atoms with Crippen LogP contribution in [-0.4, -0.2) is 39.2 Å². The minimum atomic E-state index is -1.10. The van der Waals surface area contributed by atoms with Gasteiger partial charge in [-0.25, -0.2) is 14.8 Å². The molecule has 1 aromatic rings. The third kappa shape index (κ3) is 4.24. The highest BCUT2D eigenvalue weighted by atomic mass is 32.2. The van der Waals surface area contributed by atoms with Gasteiger partial charge in [-0.1, -0.05) is 24.6 Å². The van der Waals surface area contributed by atoms with Gasteiger partial charge in [0.15, 0.2) is 0 Å². The summed E-state index contributed by atoms with van der Waals surface area (Å²) in [5.74, 6) is 1.54. The Labute approximate surface area is 121 Å². The van der Waals surface area contributed by atoms with E-state index < -0.39 is 5.97 Å². The van der Waals surface area contributed by atoms with Crippen LogP contribution in [0.2, 0.25) is 0 Å². The second-order valence-corrected chi connectivity index (χ2v) is 4.80. The molecule has 6 nitrogen and oxygen atoms in total. The molecule has 0 aliphatic heterocycles. The zero-order valence-corrected chi connectivity index (χ0v) is 12.1. The van der Waals surface area contributed by atoms with Gasteiger partial charge in [0.05, 0.1) is 18.0 Å². The number of rotatable bonds is 6. The molecule has 0 atom stereocenters. The van der Waals surface area contributed by atoms with Crippen LogP contribution >= 0.6 is 11.8 Å². The number of carbonyl (C=O) groups excluding carboxylic acids is 1. The minimum absolute atomic E-state index is 0.0388. The largest absolute Gasteiger partial charge is 0.478 e. The molecule has 1 rings (SSSR count). The van der Waals surface area contributed by atoms with Gasteiger partial charge >= 0.3 is 5.97 Å². The van der Waals surface area contributed by atoms with E-state index in [4.69, 9.17) is 6.42 Å². The normalized spacial score (nSPS) is 9.85. The van der Waals surface area contributed by atoms with E-state index in [2.05, 4.69) is 21.2 Å². The summed E-state index contributed by atoms with van der Waals surface area (Å²) in [4.78, 5) is 31.0. The number of aromatic nitrogens is 2. The van der Waals surface area contributed by atoms with Crippen molar-refractivity contribution in [1.29, 1.82) is 0 Å². The van der Waals surface area contributed by atoms with Gasteiger partial charge in [-0.2, -0.15) is 0 Å². The first-order valence-corrected chi connectivity index (χ1v) is 6.91. The summed E-state index contributed by atoms with van der Waals surface area (Å²) in [6.07, 6.45) is 5.63. The molecule has 20 heavy (non-hydrogen) atoms. The van der Waals surface area contributed by atoms with E-state index in [0.717, 1.165) is 11.8 Å². The number of aryl methyl sites for hydroxylation is 2. The number of terminal acetylenes is 1. The van der Waals surface area contributed by atoms with Crippen molar-refractivity contribution in [3.63, 3.8) is 0 Å². The minimum Gasteiger partial charge on any atom is -0.478 e. The quantitative estimate of drug-likeness (QED) is 0.460. The summed E-state index contributed by atoms with van der Waals surface area (Å²) in [6, 6.07) is 0. The maximum absolute atomic E-state index is 11.5. The van der Waals surface area contributed by atoms with Crippen molar-refractivity contribution >= 4 is 23.6 Å². The number of thioether (sulfide) groups is 1. The van der Waals surface area contributed by atoms with Gasteiger partial charge in [0.1, 0.15) is 16.4 Å². The first kappa shape index (κ1) is 16.0. The number of amides is 1. The molecule has 1 aromatic heterocycles. The van der Waals surface area contributed by atoms with E-state index >= 15 is 0 Å². The van der Waals surface area contributed by atoms with Crippen molar-refractivity contribution in [2.75, 3.05) is 12.3 Å². The number of carboxylic acid groups (broad SMARTS) is 1. The number of carboxylic acids is 1. The Morgan fingerprint density at radius 1 is 1.45 bits per heavy atom. The van der Waals surface area contributed by atoms with Crippen LogP contribution in [-0.2, 0) is 11.2 Å². The Morgan fingerprint density at radius 3 is 2.70 bits per heavy atom. The number of nitrogens with one attached hydrogen (secondary N) is 1. The van der Waals surface area contributed by atoms with Crippen LogP contribution in [0, 0.1) is 19.3 Å². The van der Waals surface area contributed by atoms with Gasteiger partial charge in [-0.3, -0.25) is 4.79 Å². The fourth-order valence-electron chi connectivity index (χ4n) is 1.45. The molecule has 0 unspecified atom stereocenters. The highest BCUT2D eigenvalue weighted by Crippen LogP contribution is 2.22. The molecule has 0 aliphatic rings. The molecule has 0 aliphatic carbocycles. The Kier molecular flexibility index (Phi) is 6.00. The standard InChI is InChI=1S/C13H15N3O3S/c1-4-6-14-10(17)7-20-12-11(13(18)19)8(3)15-9(5-2)16-12/h1H,5-7H2,2-3H3,(H,14,17)(H,18,19). The average molecular weight is 293 g/mol. The van der Waals surface area contributed by atoms with Crippen molar-refractivity contribution in [2.24, 2.45) is 0 Å². The SMILES string of the molecule is C#CCNC(=O)CSc1nc(CC)nc(C)c1C(=O)O. The van der Waals surface area contributed by atoms with Crippen LogP contribution in [0.3, 0.4) is 0 Å². The zero-order valence-electron chi connectivity index (χ0n) is 11.3. The van der Waals surface area contributed by atoms with Crippen LogP contribution < -0.4 is 5.32 Å². The molecule has 7 heteroatoms. The third-order valence-electron chi connectivity index (χ3n) is 2.36. The molecule has 0 aromatic carbocycles. The number of aromatic carboxylic acids is 1. The molecule has 0 fully saturated rings. The van der Waals surface area contributed by atoms with Crippen molar-refractivity contribution < 1.29 is 14.7 Å². The molecular weight excluding hydrogens is 278 g/mol. The Balaban J connectivity index is 2.92. The monoisotopic (exact) mass is 293 g/mol. The van der Waals surface area contributed by atoms with E-state index in [0.29, 0.717) is 23.0 Å².